The largest absolute Gasteiger partial charge is 0.317 e. The Kier molecular flexibility index (Phi) is 3.99. The molecule has 0 amide bonds. The number of piperidine rings is 1. The SMILES string of the molecule is [CH]1CC=C(C2CCNCC2)C=C1C1=CCCCC1. The molecule has 1 fully saturated rings. The van der Waals surface area contributed by atoms with Crippen LogP contribution in [0.3, 0.4) is 0 Å². The maximum Gasteiger partial charge on any atom is -0.00431 e. The molecule has 1 radical (unpaired) electrons. The highest BCUT2D eigenvalue weighted by atomic mass is 14.9. The highest BCUT2D eigenvalue weighted by Gasteiger charge is 2.19. The first-order valence-corrected chi connectivity index (χ1v) is 7.58. The van der Waals surface area contributed by atoms with Gasteiger partial charge in [0.25, 0.3) is 0 Å². The zero-order valence-electron chi connectivity index (χ0n) is 11.3. The highest BCUT2D eigenvalue weighted by Crippen LogP contribution is 2.33. The van der Waals surface area contributed by atoms with E-state index in [4.69, 9.17) is 0 Å². The van der Waals surface area contributed by atoms with E-state index in [9.17, 15) is 0 Å². The van der Waals surface area contributed by atoms with E-state index in [2.05, 4.69) is 30.0 Å². The van der Waals surface area contributed by atoms with Crippen LogP contribution in [0.5, 0.6) is 0 Å². The van der Waals surface area contributed by atoms with E-state index in [1.165, 1.54) is 57.2 Å². The lowest BCUT2D eigenvalue weighted by molar-refractivity contribution is 0.424. The van der Waals surface area contributed by atoms with Crippen molar-refractivity contribution in [3.05, 3.63) is 41.4 Å². The molecule has 1 heteroatoms. The zero-order chi connectivity index (χ0) is 12.2. The van der Waals surface area contributed by atoms with Gasteiger partial charge in [0, 0.05) is 0 Å². The van der Waals surface area contributed by atoms with Gasteiger partial charge in [-0.25, -0.2) is 0 Å². The molecule has 0 unspecified atom stereocenters. The summed E-state index contributed by atoms with van der Waals surface area (Å²) >= 11 is 0. The van der Waals surface area contributed by atoms with E-state index < -0.39 is 0 Å². The lowest BCUT2D eigenvalue weighted by atomic mass is 9.81. The van der Waals surface area contributed by atoms with Gasteiger partial charge in [0.1, 0.15) is 0 Å². The molecule has 0 aromatic heterocycles. The fourth-order valence-corrected chi connectivity index (χ4v) is 3.38. The Hall–Kier alpha value is -0.820. The van der Waals surface area contributed by atoms with Crippen LogP contribution < -0.4 is 5.32 Å². The van der Waals surface area contributed by atoms with E-state index in [1.807, 2.05) is 0 Å². The van der Waals surface area contributed by atoms with Gasteiger partial charge in [-0.2, -0.15) is 0 Å². The van der Waals surface area contributed by atoms with Crippen molar-refractivity contribution in [3.8, 4) is 0 Å². The molecule has 0 aromatic carbocycles. The topological polar surface area (TPSA) is 12.0 Å². The summed E-state index contributed by atoms with van der Waals surface area (Å²) in [5, 5.41) is 3.46. The smallest absolute Gasteiger partial charge is 0.00431 e. The molecule has 1 aliphatic heterocycles. The van der Waals surface area contributed by atoms with Gasteiger partial charge in [-0.15, -0.1) is 0 Å². The summed E-state index contributed by atoms with van der Waals surface area (Å²) in [6, 6.07) is 0. The summed E-state index contributed by atoms with van der Waals surface area (Å²) in [5.41, 5.74) is 4.76. The second-order valence-electron chi connectivity index (χ2n) is 5.74. The lowest BCUT2D eigenvalue weighted by Gasteiger charge is -2.27. The van der Waals surface area contributed by atoms with Gasteiger partial charge in [-0.05, 0) is 87.1 Å². The third-order valence-corrected chi connectivity index (χ3v) is 4.49. The Bertz CT molecular complexity index is 380. The number of allylic oxidation sites excluding steroid dienone is 6. The number of nitrogens with one attached hydrogen (secondary N) is 1. The fraction of sp³-hybridized carbons (Fsp3) is 0.588. The van der Waals surface area contributed by atoms with E-state index >= 15 is 0 Å². The summed E-state index contributed by atoms with van der Waals surface area (Å²) in [4.78, 5) is 0. The predicted octanol–water partition coefficient (Wildman–Crippen LogP) is 3.95. The standard InChI is InChI=1S/C17H24N/c1-2-5-14(6-3-1)16-7-4-8-17(13-16)15-9-11-18-12-10-15/h5,7-8,13,15,18H,1-4,6,9-12H2. The van der Waals surface area contributed by atoms with Gasteiger partial charge < -0.3 is 5.32 Å². The molecule has 3 rings (SSSR count). The molecular formula is C17H24N. The van der Waals surface area contributed by atoms with E-state index in [1.54, 1.807) is 11.1 Å². The Labute approximate surface area is 111 Å². The minimum Gasteiger partial charge on any atom is -0.317 e. The van der Waals surface area contributed by atoms with Crippen molar-refractivity contribution in [3.63, 3.8) is 0 Å². The maximum atomic E-state index is 3.46. The summed E-state index contributed by atoms with van der Waals surface area (Å²) in [6.07, 6.45) is 18.9. The van der Waals surface area contributed by atoms with Gasteiger partial charge in [-0.1, -0.05) is 18.2 Å². The number of hydrogen-bond acceptors (Lipinski definition) is 1. The average Bonchev–Trinajstić information content (AvgIpc) is 2.49. The average molecular weight is 242 g/mol. The molecule has 0 atom stereocenters. The van der Waals surface area contributed by atoms with Gasteiger partial charge in [0.05, 0.1) is 0 Å². The van der Waals surface area contributed by atoms with Crippen molar-refractivity contribution in [2.75, 3.05) is 13.1 Å². The summed E-state index contributed by atoms with van der Waals surface area (Å²) in [7, 11) is 0. The van der Waals surface area contributed by atoms with Crippen LogP contribution in [-0.2, 0) is 0 Å². The normalized spacial score (nSPS) is 26.3. The molecule has 0 saturated carbocycles. The van der Waals surface area contributed by atoms with Gasteiger partial charge in [-0.3, -0.25) is 0 Å². The molecule has 1 N–H and O–H groups in total. The predicted molar refractivity (Wildman–Crippen MR) is 77.2 cm³/mol. The second-order valence-corrected chi connectivity index (χ2v) is 5.74. The number of hydrogen-bond donors (Lipinski definition) is 1. The summed E-state index contributed by atoms with van der Waals surface area (Å²) < 4.78 is 0. The highest BCUT2D eigenvalue weighted by molar-refractivity contribution is 5.46. The second kappa shape index (κ2) is 5.88. The van der Waals surface area contributed by atoms with E-state index in [0.717, 1.165) is 12.3 Å². The molecule has 2 aliphatic carbocycles. The first kappa shape index (κ1) is 12.2. The monoisotopic (exact) mass is 242 g/mol. The minimum absolute atomic E-state index is 0.805. The lowest BCUT2D eigenvalue weighted by Crippen LogP contribution is -2.28. The Balaban J connectivity index is 1.73. The van der Waals surface area contributed by atoms with Crippen LogP contribution >= 0.6 is 0 Å². The molecule has 1 saturated heterocycles. The van der Waals surface area contributed by atoms with Crippen molar-refractivity contribution in [1.29, 1.82) is 0 Å². The third kappa shape index (κ3) is 2.77. The molecule has 0 aromatic rings. The van der Waals surface area contributed by atoms with Crippen LogP contribution in [0.4, 0.5) is 0 Å². The summed E-state index contributed by atoms with van der Waals surface area (Å²) in [6.45, 7) is 2.38. The van der Waals surface area contributed by atoms with Crippen LogP contribution in [0.15, 0.2) is 34.9 Å². The van der Waals surface area contributed by atoms with Crippen molar-refractivity contribution < 1.29 is 0 Å². The Morgan fingerprint density at radius 2 is 1.94 bits per heavy atom. The van der Waals surface area contributed by atoms with Crippen LogP contribution in [0, 0.1) is 12.3 Å². The Morgan fingerprint density at radius 3 is 2.72 bits per heavy atom. The fourth-order valence-electron chi connectivity index (χ4n) is 3.38. The van der Waals surface area contributed by atoms with Crippen molar-refractivity contribution in [2.45, 2.75) is 44.9 Å². The molecular weight excluding hydrogens is 218 g/mol. The quantitative estimate of drug-likeness (QED) is 0.773. The molecule has 97 valence electrons. The van der Waals surface area contributed by atoms with Crippen LogP contribution in [0.1, 0.15) is 44.9 Å². The molecule has 0 spiro atoms. The van der Waals surface area contributed by atoms with Crippen LogP contribution in [0.25, 0.3) is 0 Å². The molecule has 0 bridgehead atoms. The number of rotatable bonds is 2. The van der Waals surface area contributed by atoms with Gasteiger partial charge in [0.2, 0.25) is 0 Å². The maximum absolute atomic E-state index is 3.46. The Morgan fingerprint density at radius 1 is 1.06 bits per heavy atom. The summed E-state index contributed by atoms with van der Waals surface area (Å²) in [5.74, 6) is 0.805. The van der Waals surface area contributed by atoms with Gasteiger partial charge in [0.15, 0.2) is 0 Å². The minimum atomic E-state index is 0.805. The first-order chi connectivity index (χ1) is 8.93. The van der Waals surface area contributed by atoms with E-state index in [-0.39, 0.29) is 0 Å². The third-order valence-electron chi connectivity index (χ3n) is 4.49. The first-order valence-electron chi connectivity index (χ1n) is 7.58. The van der Waals surface area contributed by atoms with Crippen molar-refractivity contribution in [2.24, 2.45) is 5.92 Å². The molecule has 1 nitrogen and oxygen atoms in total. The van der Waals surface area contributed by atoms with Crippen LogP contribution in [-0.4, -0.2) is 13.1 Å². The van der Waals surface area contributed by atoms with Crippen molar-refractivity contribution in [1.82, 2.24) is 5.32 Å². The van der Waals surface area contributed by atoms with E-state index in [0.29, 0.717) is 0 Å². The zero-order valence-corrected chi connectivity index (χ0v) is 11.3. The van der Waals surface area contributed by atoms with Crippen molar-refractivity contribution >= 4 is 0 Å². The molecule has 18 heavy (non-hydrogen) atoms. The van der Waals surface area contributed by atoms with Crippen LogP contribution in [0.2, 0.25) is 0 Å². The molecule has 1 heterocycles. The van der Waals surface area contributed by atoms with Gasteiger partial charge >= 0.3 is 0 Å². The molecule has 3 aliphatic rings.